The number of nitrogens with one attached hydrogen (secondary N) is 1. The molecule has 0 aromatic carbocycles. The first-order valence-corrected chi connectivity index (χ1v) is 6.20. The lowest BCUT2D eigenvalue weighted by atomic mass is 10.3. The van der Waals surface area contributed by atoms with Crippen LogP contribution in [0, 0.1) is 0 Å². The summed E-state index contributed by atoms with van der Waals surface area (Å²) in [5, 5.41) is 17.0. The van der Waals surface area contributed by atoms with E-state index >= 15 is 0 Å². The third-order valence-electron chi connectivity index (χ3n) is 2.71. The molecule has 0 unspecified atom stereocenters. The highest BCUT2D eigenvalue weighted by Crippen LogP contribution is 1.92. The molecule has 10 heteroatoms. The molecule has 0 saturated heterocycles. The van der Waals surface area contributed by atoms with Gasteiger partial charge in [0.15, 0.2) is 0 Å². The van der Waals surface area contributed by atoms with Crippen LogP contribution in [0.4, 0.5) is 0 Å². The van der Waals surface area contributed by atoms with Gasteiger partial charge in [0.05, 0.1) is 0 Å². The summed E-state index contributed by atoms with van der Waals surface area (Å²) >= 11 is 0. The first-order chi connectivity index (χ1) is 9.82. The number of H-pyrrole nitrogens is 1. The van der Waals surface area contributed by atoms with Crippen LogP contribution in [-0.2, 0) is 22.7 Å². The van der Waals surface area contributed by atoms with E-state index in [2.05, 4.69) is 0 Å². The van der Waals surface area contributed by atoms with Crippen molar-refractivity contribution >= 4 is 11.9 Å². The zero-order chi connectivity index (χ0) is 16.0. The minimum Gasteiger partial charge on any atom is -0.481 e. The molecule has 0 aliphatic rings. The molecule has 0 saturated carbocycles. The summed E-state index contributed by atoms with van der Waals surface area (Å²) in [4.78, 5) is 57.8. The van der Waals surface area contributed by atoms with E-state index in [0.717, 1.165) is 9.13 Å². The number of carbonyl (C=O) groups is 2. The fraction of sp³-hybridized carbons (Fsp3) is 0.545. The predicted octanol–water partition coefficient (Wildman–Crippen LogP) is -1.57. The van der Waals surface area contributed by atoms with Gasteiger partial charge in [-0.05, 0) is 12.8 Å². The lowest BCUT2D eigenvalue weighted by Crippen LogP contribution is -2.49. The lowest BCUT2D eigenvalue weighted by Gasteiger charge is -2.07. The van der Waals surface area contributed by atoms with Crippen molar-refractivity contribution in [2.45, 2.75) is 38.8 Å². The van der Waals surface area contributed by atoms with E-state index in [9.17, 15) is 24.0 Å². The van der Waals surface area contributed by atoms with Crippen LogP contribution in [0.15, 0.2) is 14.4 Å². The predicted molar refractivity (Wildman–Crippen MR) is 69.3 cm³/mol. The maximum Gasteiger partial charge on any atom is 0.336 e. The Bertz CT molecular complexity index is 642. The molecule has 21 heavy (non-hydrogen) atoms. The van der Waals surface area contributed by atoms with Crippen molar-refractivity contribution in [3.05, 3.63) is 31.5 Å². The smallest absolute Gasteiger partial charge is 0.336 e. The molecular formula is C11H15N3O7. The number of aromatic nitrogens is 3. The number of aromatic amines is 1. The van der Waals surface area contributed by atoms with Crippen molar-refractivity contribution in [2.75, 3.05) is 0 Å². The summed E-state index contributed by atoms with van der Waals surface area (Å²) in [5.74, 6) is -2.12. The molecule has 0 fully saturated rings. The van der Waals surface area contributed by atoms with Gasteiger partial charge in [0.2, 0.25) is 0 Å². The average molecular weight is 301 g/mol. The third kappa shape index (κ3) is 4.75. The fourth-order valence-electron chi connectivity index (χ4n) is 1.72. The molecule has 0 aliphatic carbocycles. The molecule has 10 nitrogen and oxygen atoms in total. The van der Waals surface area contributed by atoms with Crippen LogP contribution in [0.2, 0.25) is 0 Å². The Morgan fingerprint density at radius 2 is 1.24 bits per heavy atom. The number of hydrogen-bond acceptors (Lipinski definition) is 5. The van der Waals surface area contributed by atoms with Gasteiger partial charge in [-0.3, -0.25) is 14.6 Å². The Balaban J connectivity index is 2.96. The van der Waals surface area contributed by atoms with E-state index in [1.807, 2.05) is 4.98 Å². The van der Waals surface area contributed by atoms with Crippen LogP contribution in [0.5, 0.6) is 0 Å². The van der Waals surface area contributed by atoms with Crippen molar-refractivity contribution in [1.82, 2.24) is 14.1 Å². The number of nitrogens with zero attached hydrogens (tertiary/aromatic N) is 2. The first kappa shape index (κ1) is 16.4. The van der Waals surface area contributed by atoms with Crippen LogP contribution >= 0.6 is 0 Å². The normalized spacial score (nSPS) is 10.5. The molecular weight excluding hydrogens is 286 g/mol. The second-order valence-electron chi connectivity index (χ2n) is 4.32. The largest absolute Gasteiger partial charge is 0.481 e. The van der Waals surface area contributed by atoms with Crippen molar-refractivity contribution in [3.8, 4) is 0 Å². The van der Waals surface area contributed by atoms with Gasteiger partial charge in [0.25, 0.3) is 0 Å². The number of aliphatic carboxylic acids is 2. The Morgan fingerprint density at radius 3 is 1.57 bits per heavy atom. The monoisotopic (exact) mass is 301 g/mol. The molecule has 0 radical (unpaired) electrons. The number of hydrogen-bond donors (Lipinski definition) is 3. The van der Waals surface area contributed by atoms with Crippen molar-refractivity contribution in [2.24, 2.45) is 0 Å². The third-order valence-corrected chi connectivity index (χ3v) is 2.71. The van der Waals surface area contributed by atoms with Gasteiger partial charge in [-0.25, -0.2) is 23.5 Å². The van der Waals surface area contributed by atoms with Crippen LogP contribution in [0.3, 0.4) is 0 Å². The van der Waals surface area contributed by atoms with E-state index in [1.54, 1.807) is 0 Å². The quantitative estimate of drug-likeness (QED) is 0.524. The molecule has 116 valence electrons. The highest BCUT2D eigenvalue weighted by Gasteiger charge is 2.10. The second-order valence-corrected chi connectivity index (χ2v) is 4.32. The fourth-order valence-corrected chi connectivity index (χ4v) is 1.72. The zero-order valence-electron chi connectivity index (χ0n) is 11.1. The molecule has 1 rings (SSSR count). The topological polar surface area (TPSA) is 151 Å². The molecule has 1 heterocycles. The number of carboxylic acids is 2. The summed E-state index contributed by atoms with van der Waals surface area (Å²) in [6.45, 7) is -0.278. The maximum atomic E-state index is 12.0. The minimum absolute atomic E-state index is 0.0612. The molecule has 0 atom stereocenters. The summed E-state index contributed by atoms with van der Waals surface area (Å²) in [6.07, 6.45) is -0.314. The molecule has 1 aromatic heterocycles. The standard InChI is InChI=1S/C11H15N3O7/c15-7(16)3-1-5-13-9(19)12-10(20)14(11(13)21)6-2-4-8(17)18/h1-6H2,(H,15,16)(H,17,18)(H,12,19,20). The summed E-state index contributed by atoms with van der Waals surface area (Å²) in [6, 6.07) is 0. The van der Waals surface area contributed by atoms with Gasteiger partial charge in [-0.2, -0.15) is 0 Å². The van der Waals surface area contributed by atoms with E-state index in [0.29, 0.717) is 0 Å². The lowest BCUT2D eigenvalue weighted by molar-refractivity contribution is -0.138. The summed E-state index contributed by atoms with van der Waals surface area (Å²) in [5.41, 5.74) is -2.70. The van der Waals surface area contributed by atoms with Gasteiger partial charge < -0.3 is 10.2 Å². The summed E-state index contributed by atoms with van der Waals surface area (Å²) in [7, 11) is 0. The zero-order valence-corrected chi connectivity index (χ0v) is 11.1. The van der Waals surface area contributed by atoms with Crippen molar-refractivity contribution < 1.29 is 19.8 Å². The molecule has 3 N–H and O–H groups in total. The van der Waals surface area contributed by atoms with Gasteiger partial charge in [0, 0.05) is 25.9 Å². The second kappa shape index (κ2) is 7.22. The molecule has 0 amide bonds. The minimum atomic E-state index is -1.06. The first-order valence-electron chi connectivity index (χ1n) is 6.20. The average Bonchev–Trinajstić information content (AvgIpc) is 2.36. The molecule has 1 aromatic rings. The van der Waals surface area contributed by atoms with Crippen LogP contribution in [-0.4, -0.2) is 36.3 Å². The highest BCUT2D eigenvalue weighted by atomic mass is 16.4. The van der Waals surface area contributed by atoms with E-state index in [4.69, 9.17) is 10.2 Å². The van der Waals surface area contributed by atoms with E-state index in [1.165, 1.54) is 0 Å². The van der Waals surface area contributed by atoms with Crippen LogP contribution in [0.1, 0.15) is 25.7 Å². The molecule has 0 spiro atoms. The Morgan fingerprint density at radius 1 is 0.857 bits per heavy atom. The SMILES string of the molecule is O=C(O)CCCn1c(=O)[nH]c(=O)n(CCCC(=O)O)c1=O. The summed E-state index contributed by atoms with van der Waals surface area (Å²) < 4.78 is 1.45. The van der Waals surface area contributed by atoms with E-state index in [-0.39, 0.29) is 38.8 Å². The van der Waals surface area contributed by atoms with Gasteiger partial charge in [-0.1, -0.05) is 0 Å². The number of rotatable bonds is 8. The van der Waals surface area contributed by atoms with Gasteiger partial charge >= 0.3 is 29.0 Å². The Kier molecular flexibility index (Phi) is 5.64. The maximum absolute atomic E-state index is 12.0. The highest BCUT2D eigenvalue weighted by molar-refractivity contribution is 5.66. The van der Waals surface area contributed by atoms with Crippen LogP contribution < -0.4 is 17.1 Å². The molecule has 0 bridgehead atoms. The Labute approximate surface area is 117 Å². The van der Waals surface area contributed by atoms with Crippen LogP contribution in [0.25, 0.3) is 0 Å². The Hall–Kier alpha value is -2.65. The molecule has 0 aliphatic heterocycles. The van der Waals surface area contributed by atoms with Gasteiger partial charge in [0.1, 0.15) is 0 Å². The van der Waals surface area contributed by atoms with E-state index < -0.39 is 29.0 Å². The van der Waals surface area contributed by atoms with Crippen molar-refractivity contribution in [3.63, 3.8) is 0 Å². The van der Waals surface area contributed by atoms with Gasteiger partial charge in [-0.15, -0.1) is 0 Å². The van der Waals surface area contributed by atoms with Crippen molar-refractivity contribution in [1.29, 1.82) is 0 Å². The number of carboxylic acid groups (broad SMARTS) is 2.